The van der Waals surface area contributed by atoms with Crippen LogP contribution >= 0.6 is 0 Å². The van der Waals surface area contributed by atoms with E-state index in [-0.39, 0.29) is 6.04 Å². The maximum atomic E-state index is 12.9. The molecule has 1 aromatic heterocycles. The zero-order valence-corrected chi connectivity index (χ0v) is 14.5. The van der Waals surface area contributed by atoms with Gasteiger partial charge < -0.3 is 10.2 Å². The zero-order valence-electron chi connectivity index (χ0n) is 14.5. The van der Waals surface area contributed by atoms with E-state index in [4.69, 9.17) is 0 Å². The van der Waals surface area contributed by atoms with Gasteiger partial charge in [-0.25, -0.2) is 0 Å². The molecular weight excluding hydrogens is 329 g/mol. The summed E-state index contributed by atoms with van der Waals surface area (Å²) in [6.07, 6.45) is -2.80. The number of nitrogens with one attached hydrogen (secondary N) is 1. The predicted molar refractivity (Wildman–Crippen MR) is 93.8 cm³/mol. The van der Waals surface area contributed by atoms with E-state index in [9.17, 15) is 13.2 Å². The maximum Gasteiger partial charge on any atom is 0.416 e. The van der Waals surface area contributed by atoms with Crippen molar-refractivity contribution in [3.8, 4) is 0 Å². The van der Waals surface area contributed by atoms with Gasteiger partial charge in [0.05, 0.1) is 11.1 Å². The van der Waals surface area contributed by atoms with Crippen LogP contribution in [-0.2, 0) is 6.18 Å². The molecule has 1 unspecified atom stereocenters. The Labute approximate surface area is 145 Å². The molecule has 1 aliphatic heterocycles. The molecule has 4 nitrogen and oxygen atoms in total. The molecule has 3 rings (SSSR count). The minimum atomic E-state index is -4.35. The van der Waals surface area contributed by atoms with Gasteiger partial charge in [0.15, 0.2) is 0 Å². The van der Waals surface area contributed by atoms with E-state index in [1.54, 1.807) is 6.20 Å². The number of halogens is 3. The topological polar surface area (TPSA) is 31.4 Å². The Kier molecular flexibility index (Phi) is 5.15. The fraction of sp³-hybridized carbons (Fsp3) is 0.500. The second-order valence-electron chi connectivity index (χ2n) is 6.74. The van der Waals surface area contributed by atoms with Crippen molar-refractivity contribution >= 4 is 16.6 Å². The first-order chi connectivity index (χ1) is 11.8. The zero-order chi connectivity index (χ0) is 18.0. The number of benzene rings is 1. The van der Waals surface area contributed by atoms with Gasteiger partial charge in [-0.1, -0.05) is 6.07 Å². The van der Waals surface area contributed by atoms with Crippen LogP contribution in [0.2, 0.25) is 0 Å². The molecule has 1 aromatic carbocycles. The van der Waals surface area contributed by atoms with Crippen LogP contribution in [0, 0.1) is 0 Å². The van der Waals surface area contributed by atoms with Crippen molar-refractivity contribution in [2.75, 3.05) is 45.1 Å². The van der Waals surface area contributed by atoms with Crippen LogP contribution in [0.25, 0.3) is 10.9 Å². The van der Waals surface area contributed by atoms with E-state index < -0.39 is 11.7 Å². The summed E-state index contributed by atoms with van der Waals surface area (Å²) >= 11 is 0. The second kappa shape index (κ2) is 7.17. The van der Waals surface area contributed by atoms with Gasteiger partial charge in [-0.2, -0.15) is 13.2 Å². The summed E-state index contributed by atoms with van der Waals surface area (Å²) in [5, 5.41) is 4.13. The van der Waals surface area contributed by atoms with E-state index in [0.29, 0.717) is 10.9 Å². The van der Waals surface area contributed by atoms with Gasteiger partial charge in [0.25, 0.3) is 0 Å². The van der Waals surface area contributed by atoms with Crippen molar-refractivity contribution in [2.24, 2.45) is 0 Å². The van der Waals surface area contributed by atoms with E-state index in [1.807, 2.05) is 6.07 Å². The summed E-state index contributed by atoms with van der Waals surface area (Å²) in [4.78, 5) is 8.81. The first-order valence-electron chi connectivity index (χ1n) is 8.46. The largest absolute Gasteiger partial charge is 0.416 e. The molecule has 1 saturated heterocycles. The molecule has 1 fully saturated rings. The monoisotopic (exact) mass is 352 g/mol. The van der Waals surface area contributed by atoms with Crippen molar-refractivity contribution in [3.63, 3.8) is 0 Å². The number of aromatic nitrogens is 1. The number of fused-ring (bicyclic) bond motifs is 1. The summed E-state index contributed by atoms with van der Waals surface area (Å²) in [7, 11) is 2.12. The van der Waals surface area contributed by atoms with Gasteiger partial charge in [-0.05, 0) is 32.2 Å². The van der Waals surface area contributed by atoms with E-state index in [0.717, 1.165) is 50.5 Å². The Balaban J connectivity index is 1.72. The highest BCUT2D eigenvalue weighted by Gasteiger charge is 2.30. The molecule has 1 N–H and O–H groups in total. The second-order valence-corrected chi connectivity index (χ2v) is 6.74. The number of anilines is 1. The molecule has 0 bridgehead atoms. The normalized spacial score (nSPS) is 18.4. The third kappa shape index (κ3) is 4.41. The first-order valence-corrected chi connectivity index (χ1v) is 8.46. The minimum absolute atomic E-state index is 0.191. The van der Waals surface area contributed by atoms with Crippen LogP contribution in [0.1, 0.15) is 12.5 Å². The van der Waals surface area contributed by atoms with Gasteiger partial charge in [0.1, 0.15) is 0 Å². The molecule has 2 heterocycles. The van der Waals surface area contributed by atoms with Crippen LogP contribution < -0.4 is 5.32 Å². The van der Waals surface area contributed by atoms with Gasteiger partial charge in [0.2, 0.25) is 0 Å². The Morgan fingerprint density at radius 1 is 1.16 bits per heavy atom. The smallest absolute Gasteiger partial charge is 0.381 e. The summed E-state index contributed by atoms with van der Waals surface area (Å²) in [5.74, 6) is 0. The summed E-state index contributed by atoms with van der Waals surface area (Å²) in [5.41, 5.74) is 0.502. The number of hydrogen-bond donors (Lipinski definition) is 1. The number of piperazine rings is 1. The van der Waals surface area contributed by atoms with Gasteiger partial charge in [-0.3, -0.25) is 9.88 Å². The van der Waals surface area contributed by atoms with Crippen LogP contribution in [0.3, 0.4) is 0 Å². The molecule has 0 saturated carbocycles. The van der Waals surface area contributed by atoms with Crippen LogP contribution in [0.15, 0.2) is 30.5 Å². The molecule has 0 aliphatic carbocycles. The molecule has 0 spiro atoms. The third-order valence-corrected chi connectivity index (χ3v) is 4.60. The van der Waals surface area contributed by atoms with Gasteiger partial charge in [-0.15, -0.1) is 0 Å². The Hall–Kier alpha value is -1.86. The highest BCUT2D eigenvalue weighted by atomic mass is 19.4. The fourth-order valence-electron chi connectivity index (χ4n) is 3.18. The van der Waals surface area contributed by atoms with Gasteiger partial charge in [0, 0.05) is 56.0 Å². The first kappa shape index (κ1) is 17.9. The fourth-order valence-corrected chi connectivity index (χ4v) is 3.18. The van der Waals surface area contributed by atoms with Crippen molar-refractivity contribution in [3.05, 3.63) is 36.0 Å². The minimum Gasteiger partial charge on any atom is -0.381 e. The number of hydrogen-bond acceptors (Lipinski definition) is 4. The van der Waals surface area contributed by atoms with Crippen LogP contribution in [0.5, 0.6) is 0 Å². The van der Waals surface area contributed by atoms with Crippen LogP contribution in [-0.4, -0.2) is 60.6 Å². The highest BCUT2D eigenvalue weighted by Crippen LogP contribution is 2.32. The molecule has 0 amide bonds. The number of rotatable bonds is 4. The standard InChI is InChI=1S/C18H23F3N4/c1-13(12-25-9-7-24(2)8-10-25)23-16-5-6-22-17-11-14(18(19,20)21)3-4-15(16)17/h3-6,11,13H,7-10,12H2,1-2H3,(H,22,23). The van der Waals surface area contributed by atoms with E-state index in [1.165, 1.54) is 6.07 Å². The van der Waals surface area contributed by atoms with Crippen molar-refractivity contribution < 1.29 is 13.2 Å². The third-order valence-electron chi connectivity index (χ3n) is 4.60. The quantitative estimate of drug-likeness (QED) is 0.915. The molecule has 1 atom stereocenters. The van der Waals surface area contributed by atoms with Gasteiger partial charge >= 0.3 is 6.18 Å². The summed E-state index contributed by atoms with van der Waals surface area (Å²) in [6.45, 7) is 7.19. The number of likely N-dealkylation sites (N-methyl/N-ethyl adjacent to an activating group) is 1. The van der Waals surface area contributed by atoms with Crippen LogP contribution in [0.4, 0.5) is 18.9 Å². The highest BCUT2D eigenvalue weighted by molar-refractivity contribution is 5.91. The lowest BCUT2D eigenvalue weighted by atomic mass is 10.1. The Morgan fingerprint density at radius 3 is 2.56 bits per heavy atom. The average molecular weight is 352 g/mol. The number of alkyl halides is 3. The molecular formula is C18H23F3N4. The lowest BCUT2D eigenvalue weighted by Gasteiger charge is -2.34. The Morgan fingerprint density at radius 2 is 1.88 bits per heavy atom. The van der Waals surface area contributed by atoms with Crippen molar-refractivity contribution in [1.82, 2.24) is 14.8 Å². The SMILES string of the molecule is CC(CN1CCN(C)CC1)Nc1ccnc2cc(C(F)(F)F)ccc12. The number of nitrogens with zero attached hydrogens (tertiary/aromatic N) is 3. The lowest BCUT2D eigenvalue weighted by Crippen LogP contribution is -2.47. The summed E-state index contributed by atoms with van der Waals surface area (Å²) < 4.78 is 38.6. The molecule has 0 radical (unpaired) electrons. The van der Waals surface area contributed by atoms with Crippen molar-refractivity contribution in [1.29, 1.82) is 0 Å². The maximum absolute atomic E-state index is 12.9. The lowest BCUT2D eigenvalue weighted by molar-refractivity contribution is -0.137. The molecule has 136 valence electrons. The van der Waals surface area contributed by atoms with Crippen molar-refractivity contribution in [2.45, 2.75) is 19.1 Å². The van der Waals surface area contributed by atoms with E-state index in [2.05, 4.69) is 34.1 Å². The molecule has 2 aromatic rings. The molecule has 1 aliphatic rings. The molecule has 25 heavy (non-hydrogen) atoms. The molecule has 7 heteroatoms. The summed E-state index contributed by atoms with van der Waals surface area (Å²) in [6, 6.07) is 5.72. The van der Waals surface area contributed by atoms with E-state index >= 15 is 0 Å². The predicted octanol–water partition coefficient (Wildman–Crippen LogP) is 3.30. The average Bonchev–Trinajstić information content (AvgIpc) is 2.56. The Bertz CT molecular complexity index is 724. The number of pyridine rings is 1.